The SMILES string of the molecule is N/C(=N\N(N)CCCOc1ccc(S(=O)(=O)C2(C(=O)NO)CCOCC2)cc1)c1ccc(O)cc1. The van der Waals surface area contributed by atoms with Crippen LogP contribution < -0.4 is 21.8 Å². The third-order valence-corrected chi connectivity index (χ3v) is 8.18. The summed E-state index contributed by atoms with van der Waals surface area (Å²) in [7, 11) is -4.10. The Morgan fingerprint density at radius 3 is 2.37 bits per heavy atom. The number of hydrogen-bond donors (Lipinski definition) is 5. The predicted octanol–water partition coefficient (Wildman–Crippen LogP) is 0.486. The Kier molecular flexibility index (Phi) is 8.51. The largest absolute Gasteiger partial charge is 0.508 e. The molecule has 3 rings (SSSR count). The van der Waals surface area contributed by atoms with Crippen LogP contribution in [-0.4, -0.2) is 66.7 Å². The molecule has 1 heterocycles. The highest BCUT2D eigenvalue weighted by atomic mass is 32.2. The molecule has 190 valence electrons. The summed E-state index contributed by atoms with van der Waals surface area (Å²) in [5.41, 5.74) is 8.01. The molecule has 0 unspecified atom stereocenters. The maximum Gasteiger partial charge on any atom is 0.265 e. The molecule has 0 atom stereocenters. The maximum atomic E-state index is 13.2. The van der Waals surface area contributed by atoms with Gasteiger partial charge in [0.05, 0.1) is 18.0 Å². The number of hydrazone groups is 1. The standard InChI is InChI=1S/C22H29N5O7S/c23-20(16-2-4-17(28)5-3-16)25-27(24)12-1-13-34-18-6-8-19(9-7-18)35(31,32)22(21(29)26-30)10-14-33-15-11-22/h2-9,28,30H,1,10-15,24H2,(H2,23,25)(H,26,29). The summed E-state index contributed by atoms with van der Waals surface area (Å²) < 4.78 is 35.5. The molecule has 1 aliphatic rings. The number of ether oxygens (including phenoxy) is 2. The first kappa shape index (κ1) is 26.2. The normalized spacial score (nSPS) is 15.9. The molecule has 0 aromatic heterocycles. The van der Waals surface area contributed by atoms with Crippen LogP contribution in [0.3, 0.4) is 0 Å². The summed E-state index contributed by atoms with van der Waals surface area (Å²) in [6, 6.07) is 12.0. The first-order valence-electron chi connectivity index (χ1n) is 10.8. The number of phenols is 1. The van der Waals surface area contributed by atoms with E-state index in [9.17, 15) is 18.3 Å². The van der Waals surface area contributed by atoms with Crippen molar-refractivity contribution in [1.82, 2.24) is 10.6 Å². The molecule has 0 aliphatic carbocycles. The number of nitrogens with zero attached hydrogens (tertiary/aromatic N) is 2. The Hall–Kier alpha value is -3.39. The van der Waals surface area contributed by atoms with Crippen molar-refractivity contribution in [2.45, 2.75) is 28.9 Å². The van der Waals surface area contributed by atoms with Gasteiger partial charge >= 0.3 is 0 Å². The Balaban J connectivity index is 1.55. The smallest absolute Gasteiger partial charge is 0.265 e. The Bertz CT molecular complexity index is 1130. The van der Waals surface area contributed by atoms with Gasteiger partial charge in [0, 0.05) is 25.2 Å². The Morgan fingerprint density at radius 1 is 1.14 bits per heavy atom. The number of carbonyl (C=O) groups is 1. The van der Waals surface area contributed by atoms with Crippen molar-refractivity contribution >= 4 is 21.6 Å². The molecule has 12 nitrogen and oxygen atoms in total. The van der Waals surface area contributed by atoms with Gasteiger partial charge in [-0.1, -0.05) is 0 Å². The molecule has 13 heteroatoms. The summed E-state index contributed by atoms with van der Waals surface area (Å²) in [4.78, 5) is 12.3. The highest BCUT2D eigenvalue weighted by Gasteiger charge is 2.52. The summed E-state index contributed by atoms with van der Waals surface area (Å²) >= 11 is 0. The highest BCUT2D eigenvalue weighted by Crippen LogP contribution is 2.35. The van der Waals surface area contributed by atoms with Gasteiger partial charge in [-0.2, -0.15) is 0 Å². The van der Waals surface area contributed by atoms with E-state index in [-0.39, 0.29) is 49.1 Å². The minimum atomic E-state index is -4.10. The van der Waals surface area contributed by atoms with E-state index in [4.69, 9.17) is 26.3 Å². The fourth-order valence-corrected chi connectivity index (χ4v) is 5.60. The fraction of sp³-hybridized carbons (Fsp3) is 0.364. The summed E-state index contributed by atoms with van der Waals surface area (Å²) in [6.07, 6.45) is 0.382. The second kappa shape index (κ2) is 11.4. The van der Waals surface area contributed by atoms with Crippen LogP contribution in [-0.2, 0) is 19.4 Å². The van der Waals surface area contributed by atoms with E-state index in [2.05, 4.69) is 5.10 Å². The molecular weight excluding hydrogens is 478 g/mol. The predicted molar refractivity (Wildman–Crippen MR) is 126 cm³/mol. The number of nitrogens with two attached hydrogens (primary N) is 2. The molecule has 1 saturated heterocycles. The van der Waals surface area contributed by atoms with Crippen molar-refractivity contribution in [3.63, 3.8) is 0 Å². The molecular formula is C22H29N5O7S. The van der Waals surface area contributed by atoms with Gasteiger partial charge in [0.2, 0.25) is 0 Å². The second-order valence-corrected chi connectivity index (χ2v) is 10.2. The molecule has 0 bridgehead atoms. The van der Waals surface area contributed by atoms with Crippen LogP contribution >= 0.6 is 0 Å². The van der Waals surface area contributed by atoms with Gasteiger partial charge < -0.3 is 20.3 Å². The number of sulfone groups is 1. The average Bonchev–Trinajstić information content (AvgIpc) is 2.87. The number of phenolic OH excluding ortho intramolecular Hbond substituents is 1. The van der Waals surface area contributed by atoms with Gasteiger partial charge in [-0.05, 0) is 61.4 Å². The second-order valence-electron chi connectivity index (χ2n) is 7.92. The van der Waals surface area contributed by atoms with Crippen molar-refractivity contribution in [3.05, 3.63) is 54.1 Å². The van der Waals surface area contributed by atoms with Crippen LogP contribution in [0.2, 0.25) is 0 Å². The lowest BCUT2D eigenvalue weighted by Crippen LogP contribution is -2.54. The topological polar surface area (TPSA) is 190 Å². The molecule has 0 radical (unpaired) electrons. The van der Waals surface area contributed by atoms with E-state index < -0.39 is 20.5 Å². The number of benzene rings is 2. The molecule has 0 saturated carbocycles. The molecule has 7 N–H and O–H groups in total. The highest BCUT2D eigenvalue weighted by molar-refractivity contribution is 7.93. The van der Waals surface area contributed by atoms with Gasteiger partial charge in [-0.15, -0.1) is 5.10 Å². The van der Waals surface area contributed by atoms with Gasteiger partial charge in [-0.3, -0.25) is 10.0 Å². The molecule has 1 aliphatic heterocycles. The van der Waals surface area contributed by atoms with Gasteiger partial charge in [0.25, 0.3) is 5.91 Å². The first-order chi connectivity index (χ1) is 16.7. The van der Waals surface area contributed by atoms with Crippen LogP contribution in [0.15, 0.2) is 58.5 Å². The molecule has 1 fully saturated rings. The summed E-state index contributed by atoms with van der Waals surface area (Å²) in [5.74, 6) is 5.62. The number of aromatic hydroxyl groups is 1. The number of amides is 1. The fourth-order valence-electron chi connectivity index (χ4n) is 3.66. The summed E-state index contributed by atoms with van der Waals surface area (Å²) in [5, 5.41) is 23.7. The Labute approximate surface area is 203 Å². The minimum Gasteiger partial charge on any atom is -0.508 e. The number of hydrogen-bond acceptors (Lipinski definition) is 10. The number of rotatable bonds is 10. The van der Waals surface area contributed by atoms with Gasteiger partial charge in [-0.25, -0.2) is 24.9 Å². The van der Waals surface area contributed by atoms with Crippen LogP contribution in [0.25, 0.3) is 0 Å². The number of nitrogens with one attached hydrogen (secondary N) is 1. The van der Waals surface area contributed by atoms with Gasteiger partial charge in [0.15, 0.2) is 20.4 Å². The third-order valence-electron chi connectivity index (χ3n) is 5.66. The number of amidine groups is 1. The van der Waals surface area contributed by atoms with Crippen molar-refractivity contribution in [2.75, 3.05) is 26.4 Å². The minimum absolute atomic E-state index is 0.0532. The maximum absolute atomic E-state index is 13.2. The van der Waals surface area contributed by atoms with E-state index in [1.807, 2.05) is 0 Å². The van der Waals surface area contributed by atoms with E-state index in [0.717, 1.165) is 0 Å². The summed E-state index contributed by atoms with van der Waals surface area (Å²) in [6.45, 7) is 0.808. The lowest BCUT2D eigenvalue weighted by molar-refractivity contribution is -0.134. The average molecular weight is 508 g/mol. The number of carbonyl (C=O) groups excluding carboxylic acids is 1. The van der Waals surface area contributed by atoms with Crippen molar-refractivity contribution in [1.29, 1.82) is 0 Å². The molecule has 2 aromatic rings. The number of hydrazine groups is 1. The van der Waals surface area contributed by atoms with Crippen LogP contribution in [0.5, 0.6) is 11.5 Å². The quantitative estimate of drug-likeness (QED) is 0.0755. The zero-order valence-corrected chi connectivity index (χ0v) is 19.8. The lowest BCUT2D eigenvalue weighted by atomic mass is 9.98. The van der Waals surface area contributed by atoms with E-state index in [0.29, 0.717) is 24.3 Å². The van der Waals surface area contributed by atoms with E-state index >= 15 is 0 Å². The molecule has 1 amide bonds. The van der Waals surface area contributed by atoms with Crippen molar-refractivity contribution in [2.24, 2.45) is 16.7 Å². The zero-order chi connectivity index (χ0) is 25.5. The number of hydroxylamine groups is 1. The van der Waals surface area contributed by atoms with E-state index in [1.165, 1.54) is 47.0 Å². The van der Waals surface area contributed by atoms with E-state index in [1.54, 1.807) is 12.1 Å². The zero-order valence-electron chi connectivity index (χ0n) is 19.0. The monoisotopic (exact) mass is 507 g/mol. The third kappa shape index (κ3) is 6.00. The van der Waals surface area contributed by atoms with Crippen LogP contribution in [0.1, 0.15) is 24.8 Å². The van der Waals surface area contributed by atoms with Crippen molar-refractivity contribution in [3.8, 4) is 11.5 Å². The molecule has 2 aromatic carbocycles. The van der Waals surface area contributed by atoms with Crippen LogP contribution in [0, 0.1) is 0 Å². The van der Waals surface area contributed by atoms with Gasteiger partial charge in [0.1, 0.15) is 11.5 Å². The first-order valence-corrected chi connectivity index (χ1v) is 12.3. The Morgan fingerprint density at radius 2 is 1.77 bits per heavy atom. The van der Waals surface area contributed by atoms with Crippen molar-refractivity contribution < 1.29 is 33.0 Å². The molecule has 0 spiro atoms. The van der Waals surface area contributed by atoms with Crippen LogP contribution in [0.4, 0.5) is 0 Å². The lowest BCUT2D eigenvalue weighted by Gasteiger charge is -2.34. The molecule has 35 heavy (non-hydrogen) atoms.